The third-order valence-corrected chi connectivity index (χ3v) is 4.20. The van der Waals surface area contributed by atoms with Crippen molar-refractivity contribution in [1.82, 2.24) is 9.78 Å². The number of hydrogen-bond donors (Lipinski definition) is 0. The molecule has 0 spiro atoms. The maximum atomic E-state index is 12.8. The first-order valence-corrected chi connectivity index (χ1v) is 8.70. The van der Waals surface area contributed by atoms with E-state index in [9.17, 15) is 9.59 Å². The van der Waals surface area contributed by atoms with E-state index in [1.165, 1.54) is 10.7 Å². The highest BCUT2D eigenvalue weighted by Crippen LogP contribution is 2.21. The monoisotopic (exact) mass is 363 g/mol. The Balaban J connectivity index is 1.88. The second-order valence-corrected chi connectivity index (χ2v) is 5.92. The minimum atomic E-state index is -0.320. The minimum Gasteiger partial charge on any atom is -0.497 e. The average Bonchev–Trinajstić information content (AvgIpc) is 2.71. The molecule has 138 valence electrons. The number of benzene rings is 2. The van der Waals surface area contributed by atoms with Gasteiger partial charge in [0, 0.05) is 23.9 Å². The van der Waals surface area contributed by atoms with Crippen LogP contribution in [0, 0.1) is 0 Å². The van der Waals surface area contributed by atoms with Gasteiger partial charge >= 0.3 is 0 Å². The van der Waals surface area contributed by atoms with Gasteiger partial charge in [-0.1, -0.05) is 30.3 Å². The molecule has 0 aliphatic heterocycles. The summed E-state index contributed by atoms with van der Waals surface area (Å²) >= 11 is 0. The number of likely N-dealkylation sites (N-methyl/N-ethyl adjacent to an activating group) is 1. The minimum absolute atomic E-state index is 0.126. The average molecular weight is 363 g/mol. The molecule has 6 heteroatoms. The SMILES string of the molecule is CCN(C(=O)Cn1nc(-c2cccc(OC)c2)ccc1=O)c1ccccc1. The quantitative estimate of drug-likeness (QED) is 0.675. The molecule has 0 bridgehead atoms. The van der Waals surface area contributed by atoms with Crippen LogP contribution in [0.2, 0.25) is 0 Å². The largest absolute Gasteiger partial charge is 0.497 e. The van der Waals surface area contributed by atoms with E-state index < -0.39 is 0 Å². The summed E-state index contributed by atoms with van der Waals surface area (Å²) in [6.07, 6.45) is 0. The first-order valence-electron chi connectivity index (χ1n) is 8.70. The van der Waals surface area contributed by atoms with E-state index in [4.69, 9.17) is 4.74 Å². The molecule has 0 saturated carbocycles. The third kappa shape index (κ3) is 4.23. The van der Waals surface area contributed by atoms with Crippen LogP contribution >= 0.6 is 0 Å². The van der Waals surface area contributed by atoms with Crippen LogP contribution in [0.15, 0.2) is 71.5 Å². The van der Waals surface area contributed by atoms with Crippen molar-refractivity contribution in [3.8, 4) is 17.0 Å². The predicted molar refractivity (Wildman–Crippen MR) is 105 cm³/mol. The van der Waals surface area contributed by atoms with Crippen molar-refractivity contribution in [2.75, 3.05) is 18.6 Å². The molecule has 0 aliphatic rings. The molecular formula is C21H21N3O3. The molecule has 0 atom stereocenters. The van der Waals surface area contributed by atoms with Gasteiger partial charge in [-0.3, -0.25) is 9.59 Å². The van der Waals surface area contributed by atoms with Crippen molar-refractivity contribution < 1.29 is 9.53 Å². The Morgan fingerprint density at radius 2 is 1.85 bits per heavy atom. The molecule has 1 aromatic heterocycles. The summed E-state index contributed by atoms with van der Waals surface area (Å²) in [6, 6.07) is 19.8. The zero-order valence-corrected chi connectivity index (χ0v) is 15.3. The molecule has 0 radical (unpaired) electrons. The molecule has 6 nitrogen and oxygen atoms in total. The Kier molecular flexibility index (Phi) is 5.66. The summed E-state index contributed by atoms with van der Waals surface area (Å²) < 4.78 is 6.43. The number of nitrogens with zero attached hydrogens (tertiary/aromatic N) is 3. The fourth-order valence-electron chi connectivity index (χ4n) is 2.82. The first kappa shape index (κ1) is 18.4. The molecule has 27 heavy (non-hydrogen) atoms. The van der Waals surface area contributed by atoms with Crippen LogP contribution in [0.25, 0.3) is 11.3 Å². The van der Waals surface area contributed by atoms with Crippen LogP contribution < -0.4 is 15.2 Å². The predicted octanol–water partition coefficient (Wildman–Crippen LogP) is 2.97. The lowest BCUT2D eigenvalue weighted by atomic mass is 10.1. The number of rotatable bonds is 6. The summed E-state index contributed by atoms with van der Waals surface area (Å²) in [5.74, 6) is 0.505. The van der Waals surface area contributed by atoms with Gasteiger partial charge in [0.15, 0.2) is 0 Å². The van der Waals surface area contributed by atoms with Crippen molar-refractivity contribution in [3.05, 3.63) is 77.1 Å². The van der Waals surface area contributed by atoms with Crippen LogP contribution in [-0.2, 0) is 11.3 Å². The highest BCUT2D eigenvalue weighted by molar-refractivity contribution is 5.93. The van der Waals surface area contributed by atoms with Crippen molar-refractivity contribution in [3.63, 3.8) is 0 Å². The van der Waals surface area contributed by atoms with E-state index in [-0.39, 0.29) is 18.0 Å². The topological polar surface area (TPSA) is 64.4 Å². The maximum Gasteiger partial charge on any atom is 0.267 e. The second-order valence-electron chi connectivity index (χ2n) is 5.92. The van der Waals surface area contributed by atoms with Crippen LogP contribution in [0.4, 0.5) is 5.69 Å². The molecule has 0 aliphatic carbocycles. The lowest BCUT2D eigenvalue weighted by Gasteiger charge is -2.21. The van der Waals surface area contributed by atoms with Crippen molar-refractivity contribution in [2.45, 2.75) is 13.5 Å². The molecule has 0 saturated heterocycles. The van der Waals surface area contributed by atoms with Crippen LogP contribution in [-0.4, -0.2) is 29.3 Å². The number of methoxy groups -OCH3 is 1. The van der Waals surface area contributed by atoms with E-state index in [0.29, 0.717) is 18.0 Å². The van der Waals surface area contributed by atoms with E-state index >= 15 is 0 Å². The molecule has 1 heterocycles. The third-order valence-electron chi connectivity index (χ3n) is 4.20. The van der Waals surface area contributed by atoms with Gasteiger partial charge in [-0.25, -0.2) is 4.68 Å². The zero-order chi connectivity index (χ0) is 19.2. The van der Waals surface area contributed by atoms with Gasteiger partial charge < -0.3 is 9.64 Å². The Bertz CT molecular complexity index is 983. The molecule has 2 aromatic carbocycles. The van der Waals surface area contributed by atoms with Crippen LogP contribution in [0.3, 0.4) is 0 Å². The number of carbonyl (C=O) groups is 1. The summed E-state index contributed by atoms with van der Waals surface area (Å²) in [4.78, 5) is 26.6. The van der Waals surface area contributed by atoms with Gasteiger partial charge in [0.25, 0.3) is 5.56 Å². The summed E-state index contributed by atoms with van der Waals surface area (Å²) in [5, 5.41) is 4.37. The molecule has 1 amide bonds. The Hall–Kier alpha value is -3.41. The number of ether oxygens (including phenoxy) is 1. The number of hydrogen-bond acceptors (Lipinski definition) is 4. The smallest absolute Gasteiger partial charge is 0.267 e. The lowest BCUT2D eigenvalue weighted by Crippen LogP contribution is -2.37. The van der Waals surface area contributed by atoms with Gasteiger partial charge in [-0.2, -0.15) is 5.10 Å². The lowest BCUT2D eigenvalue weighted by molar-refractivity contribution is -0.119. The van der Waals surface area contributed by atoms with Gasteiger partial charge in [-0.15, -0.1) is 0 Å². The summed E-state index contributed by atoms with van der Waals surface area (Å²) in [6.45, 7) is 2.28. The molecule has 0 unspecified atom stereocenters. The summed E-state index contributed by atoms with van der Waals surface area (Å²) in [7, 11) is 1.59. The number of carbonyl (C=O) groups excluding carboxylic acids is 1. The van der Waals surface area contributed by atoms with Gasteiger partial charge in [-0.05, 0) is 37.3 Å². The van der Waals surface area contributed by atoms with Crippen molar-refractivity contribution in [1.29, 1.82) is 0 Å². The zero-order valence-electron chi connectivity index (χ0n) is 15.3. The van der Waals surface area contributed by atoms with Crippen molar-refractivity contribution in [2.24, 2.45) is 0 Å². The van der Waals surface area contributed by atoms with Crippen LogP contribution in [0.1, 0.15) is 6.92 Å². The van der Waals surface area contributed by atoms with Crippen LogP contribution in [0.5, 0.6) is 5.75 Å². The maximum absolute atomic E-state index is 12.8. The highest BCUT2D eigenvalue weighted by atomic mass is 16.5. The molecule has 0 N–H and O–H groups in total. The number of anilines is 1. The van der Waals surface area contributed by atoms with Gasteiger partial charge in [0.1, 0.15) is 12.3 Å². The molecular weight excluding hydrogens is 342 g/mol. The Labute approximate surface area is 157 Å². The normalized spacial score (nSPS) is 10.4. The first-order chi connectivity index (χ1) is 13.1. The fourth-order valence-corrected chi connectivity index (χ4v) is 2.82. The van der Waals surface area contributed by atoms with E-state index in [1.807, 2.05) is 61.5 Å². The highest BCUT2D eigenvalue weighted by Gasteiger charge is 2.16. The Morgan fingerprint density at radius 3 is 2.56 bits per heavy atom. The molecule has 0 fully saturated rings. The van der Waals surface area contributed by atoms with Gasteiger partial charge in [0.2, 0.25) is 5.91 Å². The van der Waals surface area contributed by atoms with Gasteiger partial charge in [0.05, 0.1) is 12.8 Å². The molecule has 3 rings (SSSR count). The van der Waals surface area contributed by atoms with E-state index in [2.05, 4.69) is 5.10 Å². The fraction of sp³-hybridized carbons (Fsp3) is 0.190. The number of amides is 1. The van der Waals surface area contributed by atoms with E-state index in [0.717, 1.165) is 11.3 Å². The van der Waals surface area contributed by atoms with E-state index in [1.54, 1.807) is 18.1 Å². The standard InChI is InChI=1S/C21H21N3O3/c1-3-23(17-9-5-4-6-10-17)21(26)15-24-20(25)13-12-19(22-24)16-8-7-11-18(14-16)27-2/h4-14H,3,15H2,1-2H3. The van der Waals surface area contributed by atoms with Crippen molar-refractivity contribution >= 4 is 11.6 Å². The number of para-hydroxylation sites is 1. The number of aromatic nitrogens is 2. The summed E-state index contributed by atoms with van der Waals surface area (Å²) in [5.41, 5.74) is 1.89. The second kappa shape index (κ2) is 8.31. The Morgan fingerprint density at radius 1 is 1.07 bits per heavy atom. The molecule has 3 aromatic rings.